The number of nitrogens with one attached hydrogen (secondary N) is 3. The fourth-order valence-electron chi connectivity index (χ4n) is 3.10. The number of anilines is 1. The molecule has 2 heterocycles. The standard InChI is InChI=1S/C21H19Cl2F3N6O3S/c1-11-8-12(22)9-13(19(33)29-6-7-36(2,27)35)17(11)30-20(34)15-10-16(21(24,25)26)31-32(15)18-14(23)4-3-5-28-18/h3-5,8-10,27H,6-7H2,1-2H3,(H,29,33)(H,30,34). The first-order valence-corrected chi connectivity index (χ1v) is 13.0. The molecule has 3 aromatic rings. The van der Waals surface area contributed by atoms with E-state index in [1.807, 2.05) is 0 Å². The highest BCUT2D eigenvalue weighted by molar-refractivity contribution is 7.91. The Morgan fingerprint density at radius 2 is 1.89 bits per heavy atom. The van der Waals surface area contributed by atoms with E-state index in [9.17, 15) is 27.0 Å². The van der Waals surface area contributed by atoms with Gasteiger partial charge in [0.05, 0.1) is 16.3 Å². The van der Waals surface area contributed by atoms with Gasteiger partial charge < -0.3 is 10.6 Å². The van der Waals surface area contributed by atoms with Crippen molar-refractivity contribution in [2.75, 3.05) is 23.9 Å². The number of nitrogens with zero attached hydrogens (tertiary/aromatic N) is 3. The molecule has 0 saturated heterocycles. The van der Waals surface area contributed by atoms with Gasteiger partial charge in [-0.1, -0.05) is 23.2 Å². The Bertz CT molecular complexity index is 1440. The van der Waals surface area contributed by atoms with Crippen LogP contribution in [0.4, 0.5) is 18.9 Å². The molecule has 36 heavy (non-hydrogen) atoms. The second kappa shape index (κ2) is 10.4. The second-order valence-corrected chi connectivity index (χ2v) is 11.0. The number of rotatable bonds is 7. The van der Waals surface area contributed by atoms with Gasteiger partial charge in [-0.3, -0.25) is 18.6 Å². The molecule has 0 spiro atoms. The van der Waals surface area contributed by atoms with Crippen LogP contribution in [0.3, 0.4) is 0 Å². The third-order valence-electron chi connectivity index (χ3n) is 4.73. The molecule has 0 aliphatic carbocycles. The zero-order valence-corrected chi connectivity index (χ0v) is 21.1. The predicted molar refractivity (Wildman–Crippen MR) is 129 cm³/mol. The van der Waals surface area contributed by atoms with Gasteiger partial charge in [-0.05, 0) is 36.8 Å². The van der Waals surface area contributed by atoms with E-state index in [-0.39, 0.29) is 39.4 Å². The topological polar surface area (TPSA) is 130 Å². The molecular formula is C21H19Cl2F3N6O3S. The van der Waals surface area contributed by atoms with Gasteiger partial charge in [0.2, 0.25) is 0 Å². The van der Waals surface area contributed by atoms with Gasteiger partial charge in [-0.25, -0.2) is 9.67 Å². The van der Waals surface area contributed by atoms with E-state index in [1.54, 1.807) is 0 Å². The summed E-state index contributed by atoms with van der Waals surface area (Å²) in [4.78, 5) is 29.9. The summed E-state index contributed by atoms with van der Waals surface area (Å²) in [5, 5.41) is 8.53. The van der Waals surface area contributed by atoms with Gasteiger partial charge in [0.15, 0.2) is 11.5 Å². The highest BCUT2D eigenvalue weighted by Gasteiger charge is 2.36. The first-order chi connectivity index (χ1) is 16.7. The third kappa shape index (κ3) is 6.53. The summed E-state index contributed by atoms with van der Waals surface area (Å²) < 4.78 is 59.9. The molecule has 0 saturated carbocycles. The maximum atomic E-state index is 13.4. The molecule has 0 aliphatic rings. The van der Waals surface area contributed by atoms with Crippen LogP contribution in [0.15, 0.2) is 36.5 Å². The van der Waals surface area contributed by atoms with E-state index < -0.39 is 39.1 Å². The minimum Gasteiger partial charge on any atom is -0.351 e. The first-order valence-electron chi connectivity index (χ1n) is 10.1. The van der Waals surface area contributed by atoms with E-state index in [0.717, 1.165) is 0 Å². The molecule has 1 atom stereocenters. The molecule has 3 rings (SSSR count). The summed E-state index contributed by atoms with van der Waals surface area (Å²) in [7, 11) is -2.86. The Balaban J connectivity index is 2.02. The van der Waals surface area contributed by atoms with Gasteiger partial charge in [-0.2, -0.15) is 18.3 Å². The normalized spacial score (nSPS) is 13.2. The van der Waals surface area contributed by atoms with E-state index >= 15 is 0 Å². The average Bonchev–Trinajstić information content (AvgIpc) is 3.20. The lowest BCUT2D eigenvalue weighted by Gasteiger charge is -2.15. The highest BCUT2D eigenvalue weighted by atomic mass is 35.5. The van der Waals surface area contributed by atoms with Crippen LogP contribution in [0.5, 0.6) is 0 Å². The molecule has 15 heteroatoms. The number of aromatic nitrogens is 3. The first kappa shape index (κ1) is 27.4. The van der Waals surface area contributed by atoms with Crippen LogP contribution in [0.25, 0.3) is 5.82 Å². The van der Waals surface area contributed by atoms with Crippen LogP contribution < -0.4 is 10.6 Å². The van der Waals surface area contributed by atoms with E-state index in [4.69, 9.17) is 28.0 Å². The largest absolute Gasteiger partial charge is 0.435 e. The number of hydrogen-bond donors (Lipinski definition) is 3. The van der Waals surface area contributed by atoms with Crippen molar-refractivity contribution in [2.45, 2.75) is 13.1 Å². The summed E-state index contributed by atoms with van der Waals surface area (Å²) >= 11 is 12.1. The molecule has 1 aromatic carbocycles. The Morgan fingerprint density at radius 1 is 1.19 bits per heavy atom. The number of halogens is 5. The lowest BCUT2D eigenvalue weighted by atomic mass is 10.1. The molecule has 2 amide bonds. The average molecular weight is 563 g/mol. The monoisotopic (exact) mass is 562 g/mol. The van der Waals surface area contributed by atoms with Crippen molar-refractivity contribution >= 4 is 50.4 Å². The van der Waals surface area contributed by atoms with Crippen LogP contribution in [0.2, 0.25) is 10.0 Å². The van der Waals surface area contributed by atoms with E-state index in [0.29, 0.717) is 16.3 Å². The van der Waals surface area contributed by atoms with Crippen molar-refractivity contribution in [2.24, 2.45) is 0 Å². The molecule has 0 bridgehead atoms. The quantitative estimate of drug-likeness (QED) is 0.388. The SMILES string of the molecule is Cc1cc(Cl)cc(C(=O)NCCS(C)(=N)=O)c1NC(=O)c1cc(C(F)(F)F)nn1-c1ncccc1Cl. The van der Waals surface area contributed by atoms with Crippen molar-refractivity contribution < 1.29 is 27.0 Å². The third-order valence-corrected chi connectivity index (χ3v) is 6.23. The second-order valence-electron chi connectivity index (χ2n) is 7.70. The van der Waals surface area contributed by atoms with Crippen LogP contribution in [-0.4, -0.2) is 49.3 Å². The Kier molecular flexibility index (Phi) is 7.96. The fourth-order valence-corrected chi connectivity index (χ4v) is 4.06. The van der Waals surface area contributed by atoms with Gasteiger partial charge in [0, 0.05) is 45.6 Å². The van der Waals surface area contributed by atoms with Crippen LogP contribution in [0, 0.1) is 11.7 Å². The van der Waals surface area contributed by atoms with Gasteiger partial charge >= 0.3 is 6.18 Å². The number of pyridine rings is 1. The molecule has 0 fully saturated rings. The molecule has 192 valence electrons. The van der Waals surface area contributed by atoms with Gasteiger partial charge in [0.25, 0.3) is 11.8 Å². The summed E-state index contributed by atoms with van der Waals surface area (Å²) in [6.45, 7) is 1.45. The van der Waals surface area contributed by atoms with Crippen molar-refractivity contribution in [3.05, 3.63) is 69.1 Å². The van der Waals surface area contributed by atoms with E-state index in [1.165, 1.54) is 43.6 Å². The molecule has 0 radical (unpaired) electrons. The van der Waals surface area contributed by atoms with Crippen LogP contribution >= 0.6 is 23.2 Å². The number of hydrogen-bond acceptors (Lipinski definition) is 6. The van der Waals surface area contributed by atoms with Crippen LogP contribution in [-0.2, 0) is 15.9 Å². The van der Waals surface area contributed by atoms with Crippen molar-refractivity contribution in [1.29, 1.82) is 4.78 Å². The maximum absolute atomic E-state index is 13.4. The number of benzene rings is 1. The summed E-state index contributed by atoms with van der Waals surface area (Å²) in [6, 6.07) is 6.08. The van der Waals surface area contributed by atoms with Crippen molar-refractivity contribution in [3.8, 4) is 5.82 Å². The highest BCUT2D eigenvalue weighted by Crippen LogP contribution is 2.31. The van der Waals surface area contributed by atoms with E-state index in [2.05, 4.69) is 20.7 Å². The van der Waals surface area contributed by atoms with Crippen LogP contribution in [0.1, 0.15) is 32.1 Å². The number of amides is 2. The molecule has 2 aromatic heterocycles. The Labute approximate surface area is 214 Å². The smallest absolute Gasteiger partial charge is 0.351 e. The van der Waals surface area contributed by atoms with Gasteiger partial charge in [0.1, 0.15) is 5.69 Å². The summed E-state index contributed by atoms with van der Waals surface area (Å²) in [5.41, 5.74) is -1.64. The Morgan fingerprint density at radius 3 is 2.50 bits per heavy atom. The van der Waals surface area contributed by atoms with Crippen molar-refractivity contribution in [3.63, 3.8) is 0 Å². The zero-order chi connectivity index (χ0) is 26.8. The number of carbonyl (C=O) groups is 2. The fraction of sp³-hybridized carbons (Fsp3) is 0.238. The number of aryl methyl sites for hydroxylation is 1. The minimum absolute atomic E-state index is 0.0153. The predicted octanol–water partition coefficient (Wildman–Crippen LogP) is 4.56. The number of alkyl halides is 3. The van der Waals surface area contributed by atoms with Gasteiger partial charge in [-0.15, -0.1) is 0 Å². The molecular weight excluding hydrogens is 544 g/mol. The van der Waals surface area contributed by atoms with Crippen molar-refractivity contribution in [1.82, 2.24) is 20.1 Å². The summed E-state index contributed by atoms with van der Waals surface area (Å²) in [5.74, 6) is -2.03. The zero-order valence-electron chi connectivity index (χ0n) is 18.7. The lowest BCUT2D eigenvalue weighted by Crippen LogP contribution is -2.30. The molecule has 3 N–H and O–H groups in total. The maximum Gasteiger partial charge on any atom is 0.435 e. The number of carbonyl (C=O) groups excluding carboxylic acids is 2. The molecule has 1 unspecified atom stereocenters. The Hall–Kier alpha value is -3.16. The molecule has 9 nitrogen and oxygen atoms in total. The summed E-state index contributed by atoms with van der Waals surface area (Å²) in [6.07, 6.45) is -2.37. The minimum atomic E-state index is -4.86. The molecule has 0 aliphatic heterocycles. The lowest BCUT2D eigenvalue weighted by molar-refractivity contribution is -0.141.